The van der Waals surface area contributed by atoms with E-state index in [1.165, 1.54) is 0 Å². The zero-order chi connectivity index (χ0) is 15.8. The molecule has 7 heteroatoms. The minimum Gasteiger partial charge on any atom is -0.466 e. The molecule has 1 aliphatic rings. The van der Waals surface area contributed by atoms with E-state index in [1.54, 1.807) is 6.92 Å². The molecule has 3 atom stereocenters. The van der Waals surface area contributed by atoms with Crippen LogP contribution in [-0.2, 0) is 19.0 Å². The predicted molar refractivity (Wildman–Crippen MR) is 78.8 cm³/mol. The summed E-state index contributed by atoms with van der Waals surface area (Å²) in [5.41, 5.74) is 9.53. The molecule has 2 rings (SSSR count). The van der Waals surface area contributed by atoms with Gasteiger partial charge in [0.2, 0.25) is 0 Å². The second kappa shape index (κ2) is 8.38. The van der Waals surface area contributed by atoms with Gasteiger partial charge in [-0.05, 0) is 18.9 Å². The quantitative estimate of drug-likeness (QED) is 0.349. The van der Waals surface area contributed by atoms with E-state index in [0.717, 1.165) is 5.56 Å². The van der Waals surface area contributed by atoms with Crippen LogP contribution in [0.5, 0.6) is 0 Å². The van der Waals surface area contributed by atoms with Crippen LogP contribution in [0.4, 0.5) is 0 Å². The van der Waals surface area contributed by atoms with Crippen LogP contribution in [0.3, 0.4) is 0 Å². The number of esters is 1. The van der Waals surface area contributed by atoms with Crippen molar-refractivity contribution in [2.75, 3.05) is 13.2 Å². The SMILES string of the molecule is CCOC(=O)CCC1OC(c2ccccc2)OCC1N=[N+]=[N-]. The van der Waals surface area contributed by atoms with Crippen molar-refractivity contribution >= 4 is 5.97 Å². The fraction of sp³-hybridized carbons (Fsp3) is 0.533. The average Bonchev–Trinajstić information content (AvgIpc) is 2.55. The lowest BCUT2D eigenvalue weighted by molar-refractivity contribution is -0.226. The van der Waals surface area contributed by atoms with Gasteiger partial charge in [-0.25, -0.2) is 0 Å². The molecular formula is C15H19N3O4. The van der Waals surface area contributed by atoms with Crippen molar-refractivity contribution in [1.29, 1.82) is 0 Å². The first-order valence-corrected chi connectivity index (χ1v) is 7.26. The zero-order valence-electron chi connectivity index (χ0n) is 12.4. The van der Waals surface area contributed by atoms with Crippen LogP contribution in [-0.4, -0.2) is 31.3 Å². The number of carbonyl (C=O) groups excluding carboxylic acids is 1. The van der Waals surface area contributed by atoms with Crippen LogP contribution in [0.15, 0.2) is 35.4 Å². The third-order valence-corrected chi connectivity index (χ3v) is 3.36. The standard InChI is InChI=1S/C15H19N3O4/c1-2-20-14(19)9-8-13-12(17-18-16)10-21-15(22-13)11-6-4-3-5-7-11/h3-7,12-13,15H,2,8-10H2,1H3. The maximum atomic E-state index is 11.5. The van der Waals surface area contributed by atoms with Crippen molar-refractivity contribution in [2.45, 2.75) is 38.2 Å². The van der Waals surface area contributed by atoms with Crippen molar-refractivity contribution in [3.63, 3.8) is 0 Å². The van der Waals surface area contributed by atoms with E-state index in [4.69, 9.17) is 19.7 Å². The second-order valence-corrected chi connectivity index (χ2v) is 4.87. The number of hydrogen-bond donors (Lipinski definition) is 0. The minimum absolute atomic E-state index is 0.220. The Balaban J connectivity index is 2.01. The van der Waals surface area contributed by atoms with Crippen LogP contribution < -0.4 is 0 Å². The number of benzene rings is 1. The molecule has 3 unspecified atom stereocenters. The van der Waals surface area contributed by atoms with Gasteiger partial charge in [0, 0.05) is 16.9 Å². The smallest absolute Gasteiger partial charge is 0.305 e. The van der Waals surface area contributed by atoms with E-state index in [-0.39, 0.29) is 25.1 Å². The summed E-state index contributed by atoms with van der Waals surface area (Å²) < 4.78 is 16.4. The summed E-state index contributed by atoms with van der Waals surface area (Å²) in [6.45, 7) is 2.37. The highest BCUT2D eigenvalue weighted by Crippen LogP contribution is 2.29. The van der Waals surface area contributed by atoms with Crippen LogP contribution in [0.25, 0.3) is 10.4 Å². The molecule has 22 heavy (non-hydrogen) atoms. The maximum Gasteiger partial charge on any atom is 0.305 e. The van der Waals surface area contributed by atoms with Crippen LogP contribution in [0.1, 0.15) is 31.6 Å². The van der Waals surface area contributed by atoms with Gasteiger partial charge in [0.1, 0.15) is 0 Å². The first-order chi connectivity index (χ1) is 10.7. The fourth-order valence-electron chi connectivity index (χ4n) is 2.29. The van der Waals surface area contributed by atoms with Crippen LogP contribution in [0.2, 0.25) is 0 Å². The molecule has 1 saturated heterocycles. The van der Waals surface area contributed by atoms with Crippen LogP contribution in [0, 0.1) is 0 Å². The van der Waals surface area contributed by atoms with Gasteiger partial charge in [-0.3, -0.25) is 4.79 Å². The van der Waals surface area contributed by atoms with E-state index in [1.807, 2.05) is 30.3 Å². The molecule has 1 fully saturated rings. The summed E-state index contributed by atoms with van der Waals surface area (Å²) in [6.07, 6.45) is -0.245. The van der Waals surface area contributed by atoms with Gasteiger partial charge in [-0.2, -0.15) is 0 Å². The molecule has 0 N–H and O–H groups in total. The summed E-state index contributed by atoms with van der Waals surface area (Å²) in [7, 11) is 0. The molecule has 0 aromatic heterocycles. The third-order valence-electron chi connectivity index (χ3n) is 3.36. The maximum absolute atomic E-state index is 11.5. The summed E-state index contributed by atoms with van der Waals surface area (Å²) in [4.78, 5) is 14.3. The normalized spacial score (nSPS) is 24.3. The third kappa shape index (κ3) is 4.46. The molecular weight excluding hydrogens is 286 g/mol. The Kier molecular flexibility index (Phi) is 6.21. The molecule has 0 saturated carbocycles. The summed E-state index contributed by atoms with van der Waals surface area (Å²) in [6, 6.07) is 9.07. The molecule has 0 bridgehead atoms. The first kappa shape index (κ1) is 16.3. The van der Waals surface area contributed by atoms with Crippen molar-refractivity contribution < 1.29 is 19.0 Å². The molecule has 0 spiro atoms. The molecule has 1 heterocycles. The van der Waals surface area contributed by atoms with Gasteiger partial charge in [-0.15, -0.1) is 0 Å². The lowest BCUT2D eigenvalue weighted by Gasteiger charge is -2.34. The van der Waals surface area contributed by atoms with Crippen molar-refractivity contribution in [2.24, 2.45) is 5.11 Å². The topological polar surface area (TPSA) is 93.5 Å². The van der Waals surface area contributed by atoms with Gasteiger partial charge in [-0.1, -0.05) is 35.4 Å². The van der Waals surface area contributed by atoms with Gasteiger partial charge >= 0.3 is 5.97 Å². The summed E-state index contributed by atoms with van der Waals surface area (Å²) in [5, 5.41) is 3.70. The average molecular weight is 305 g/mol. The highest BCUT2D eigenvalue weighted by atomic mass is 16.7. The van der Waals surface area contributed by atoms with Gasteiger partial charge in [0.25, 0.3) is 0 Å². The molecule has 0 radical (unpaired) electrons. The Morgan fingerprint density at radius 2 is 2.23 bits per heavy atom. The number of ether oxygens (including phenoxy) is 3. The zero-order valence-corrected chi connectivity index (χ0v) is 12.4. The van der Waals surface area contributed by atoms with Gasteiger partial charge < -0.3 is 14.2 Å². The molecule has 0 amide bonds. The van der Waals surface area contributed by atoms with E-state index in [0.29, 0.717) is 13.0 Å². The largest absolute Gasteiger partial charge is 0.466 e. The molecule has 7 nitrogen and oxygen atoms in total. The lowest BCUT2D eigenvalue weighted by atomic mass is 10.1. The second-order valence-electron chi connectivity index (χ2n) is 4.87. The summed E-state index contributed by atoms with van der Waals surface area (Å²) in [5.74, 6) is -0.284. The number of nitrogens with zero attached hydrogens (tertiary/aromatic N) is 3. The lowest BCUT2D eigenvalue weighted by Crippen LogP contribution is -2.39. The summed E-state index contributed by atoms with van der Waals surface area (Å²) >= 11 is 0. The Labute approximate surface area is 128 Å². The highest BCUT2D eigenvalue weighted by molar-refractivity contribution is 5.69. The monoisotopic (exact) mass is 305 g/mol. The number of azide groups is 1. The van der Waals surface area contributed by atoms with Crippen molar-refractivity contribution in [3.05, 3.63) is 46.3 Å². The van der Waals surface area contributed by atoms with Gasteiger partial charge in [0.05, 0.1) is 25.4 Å². The van der Waals surface area contributed by atoms with Crippen molar-refractivity contribution in [3.8, 4) is 0 Å². The first-order valence-electron chi connectivity index (χ1n) is 7.26. The van der Waals surface area contributed by atoms with E-state index in [9.17, 15) is 4.79 Å². The van der Waals surface area contributed by atoms with E-state index < -0.39 is 12.3 Å². The molecule has 1 aliphatic heterocycles. The van der Waals surface area contributed by atoms with Crippen molar-refractivity contribution in [1.82, 2.24) is 0 Å². The minimum atomic E-state index is -0.515. The Morgan fingerprint density at radius 3 is 2.91 bits per heavy atom. The van der Waals surface area contributed by atoms with E-state index in [2.05, 4.69) is 10.0 Å². The molecule has 1 aromatic carbocycles. The van der Waals surface area contributed by atoms with Crippen LogP contribution >= 0.6 is 0 Å². The van der Waals surface area contributed by atoms with E-state index >= 15 is 0 Å². The highest BCUT2D eigenvalue weighted by Gasteiger charge is 2.32. The Morgan fingerprint density at radius 1 is 1.45 bits per heavy atom. The molecule has 118 valence electrons. The molecule has 1 aromatic rings. The number of rotatable bonds is 6. The Hall–Kier alpha value is -2.08. The number of hydrogen-bond acceptors (Lipinski definition) is 5. The van der Waals surface area contributed by atoms with Gasteiger partial charge in [0.15, 0.2) is 6.29 Å². The number of carbonyl (C=O) groups is 1. The fourth-order valence-corrected chi connectivity index (χ4v) is 2.29. The Bertz CT molecular complexity index is 531. The predicted octanol–water partition coefficient (Wildman–Crippen LogP) is 3.12. The molecule has 0 aliphatic carbocycles.